The van der Waals surface area contributed by atoms with Gasteiger partial charge in [0.1, 0.15) is 11.4 Å². The molecule has 21 heavy (non-hydrogen) atoms. The molecule has 0 fully saturated rings. The van der Waals surface area contributed by atoms with E-state index in [0.29, 0.717) is 17.0 Å². The second-order valence-electron chi connectivity index (χ2n) is 4.18. The molecule has 0 saturated carbocycles. The van der Waals surface area contributed by atoms with E-state index in [1.54, 1.807) is 36.3 Å². The summed E-state index contributed by atoms with van der Waals surface area (Å²) in [7, 11) is 0. The first-order valence-corrected chi connectivity index (χ1v) is 7.50. The average molecular weight is 305 g/mol. The molecule has 0 aliphatic heterocycles. The first kappa shape index (κ1) is 15.0. The van der Waals surface area contributed by atoms with Gasteiger partial charge in [0.2, 0.25) is 0 Å². The van der Waals surface area contributed by atoms with Gasteiger partial charge in [0.05, 0.1) is 23.3 Å². The molecule has 0 unspecified atom stereocenters. The third-order valence-electron chi connectivity index (χ3n) is 2.57. The summed E-state index contributed by atoms with van der Waals surface area (Å²) in [6.07, 6.45) is 6.77. The lowest BCUT2D eigenvalue weighted by molar-refractivity contribution is 0.0514. The fraction of sp³-hybridized carbons (Fsp3) is 0.231. The highest BCUT2D eigenvalue weighted by Crippen LogP contribution is 2.12. The summed E-state index contributed by atoms with van der Waals surface area (Å²) in [4.78, 5) is 20.8. The van der Waals surface area contributed by atoms with Crippen molar-refractivity contribution in [3.8, 4) is 5.69 Å². The van der Waals surface area contributed by atoms with Crippen LogP contribution in [-0.4, -0.2) is 38.6 Å². The molecular weight excluding hydrogens is 290 g/mol. The molecule has 0 bridgehead atoms. The fourth-order valence-corrected chi connectivity index (χ4v) is 1.95. The van der Waals surface area contributed by atoms with Gasteiger partial charge < -0.3 is 10.6 Å². The number of hydrogen-bond acceptors (Lipinski definition) is 6. The van der Waals surface area contributed by atoms with E-state index in [-0.39, 0.29) is 5.84 Å². The topological polar surface area (TPSA) is 95.4 Å². The van der Waals surface area contributed by atoms with E-state index in [2.05, 4.69) is 15.2 Å². The molecule has 0 aliphatic rings. The number of aromatic nitrogens is 3. The molecule has 2 rings (SSSR count). The summed E-state index contributed by atoms with van der Waals surface area (Å²) in [5.74, 6) is 0.168. The zero-order valence-corrected chi connectivity index (χ0v) is 12.5. The van der Waals surface area contributed by atoms with E-state index in [1.165, 1.54) is 11.8 Å². The number of aryl methyl sites for hydroxylation is 1. The number of amidine groups is 1. The Morgan fingerprint density at radius 1 is 1.57 bits per heavy atom. The monoisotopic (exact) mass is 305 g/mol. The van der Waals surface area contributed by atoms with E-state index in [4.69, 9.17) is 10.6 Å². The van der Waals surface area contributed by atoms with Crippen molar-refractivity contribution in [2.75, 3.05) is 12.0 Å². The Balaban J connectivity index is 2.16. The molecule has 2 aromatic heterocycles. The highest BCUT2D eigenvalue weighted by molar-refractivity contribution is 7.99. The minimum Gasteiger partial charge on any atom is -0.384 e. The number of thioether (sulfide) groups is 1. The maximum Gasteiger partial charge on any atom is 0.369 e. The molecule has 2 heterocycles. The molecule has 0 amide bonds. The van der Waals surface area contributed by atoms with Crippen LogP contribution in [-0.2, 0) is 4.84 Å². The molecule has 0 aliphatic carbocycles. The summed E-state index contributed by atoms with van der Waals surface area (Å²) < 4.78 is 1.56. The maximum absolute atomic E-state index is 12.0. The minimum absolute atomic E-state index is 0.258. The molecule has 110 valence electrons. The van der Waals surface area contributed by atoms with Gasteiger partial charge in [0.15, 0.2) is 0 Å². The summed E-state index contributed by atoms with van der Waals surface area (Å²) in [5.41, 5.74) is 7.20. The molecule has 2 N–H and O–H groups in total. The van der Waals surface area contributed by atoms with E-state index in [9.17, 15) is 4.79 Å². The zero-order valence-electron chi connectivity index (χ0n) is 11.7. The van der Waals surface area contributed by atoms with Crippen LogP contribution >= 0.6 is 11.8 Å². The Morgan fingerprint density at radius 3 is 3.05 bits per heavy atom. The first-order chi connectivity index (χ1) is 10.1. The average Bonchev–Trinajstić information content (AvgIpc) is 2.88. The number of nitrogens with two attached hydrogens (primary N) is 1. The van der Waals surface area contributed by atoms with Gasteiger partial charge in [-0.1, -0.05) is 5.16 Å². The molecule has 7 nitrogen and oxygen atoms in total. The highest BCUT2D eigenvalue weighted by Gasteiger charge is 2.16. The number of rotatable bonds is 5. The van der Waals surface area contributed by atoms with E-state index in [1.807, 2.05) is 12.3 Å². The molecule has 8 heteroatoms. The van der Waals surface area contributed by atoms with Crippen molar-refractivity contribution in [1.29, 1.82) is 0 Å². The number of oxime groups is 1. The van der Waals surface area contributed by atoms with Crippen molar-refractivity contribution in [3.63, 3.8) is 0 Å². The molecule has 2 aromatic rings. The van der Waals surface area contributed by atoms with Crippen molar-refractivity contribution in [2.45, 2.75) is 6.92 Å². The molecule has 0 radical (unpaired) electrons. The Morgan fingerprint density at radius 2 is 2.38 bits per heavy atom. The maximum atomic E-state index is 12.0. The second-order valence-corrected chi connectivity index (χ2v) is 5.04. The van der Waals surface area contributed by atoms with Crippen LogP contribution in [0.1, 0.15) is 16.1 Å². The molecule has 0 saturated heterocycles. The Labute approximate surface area is 126 Å². The van der Waals surface area contributed by atoms with Gasteiger partial charge in [-0.25, -0.2) is 9.48 Å². The van der Waals surface area contributed by atoms with Gasteiger partial charge in [-0.15, -0.1) is 0 Å². The summed E-state index contributed by atoms with van der Waals surface area (Å²) >= 11 is 1.49. The number of nitrogens with zero attached hydrogens (tertiary/aromatic N) is 4. The SMILES string of the molecule is CSCC(N)=NOC(=O)c1cn(-c2cccnc2)nc1C. The Bertz CT molecular complexity index is 654. The molecule has 0 atom stereocenters. The Hall–Kier alpha value is -2.35. The Kier molecular flexibility index (Phi) is 4.94. The van der Waals surface area contributed by atoms with E-state index in [0.717, 1.165) is 5.69 Å². The van der Waals surface area contributed by atoms with Crippen LogP contribution in [0.3, 0.4) is 0 Å². The van der Waals surface area contributed by atoms with Gasteiger partial charge in [-0.3, -0.25) is 4.98 Å². The van der Waals surface area contributed by atoms with E-state index < -0.39 is 5.97 Å². The van der Waals surface area contributed by atoms with Crippen molar-refractivity contribution >= 4 is 23.6 Å². The summed E-state index contributed by atoms with van der Waals surface area (Å²) in [6.45, 7) is 1.72. The molecule has 0 spiro atoms. The zero-order chi connectivity index (χ0) is 15.2. The van der Waals surface area contributed by atoms with Crippen molar-refractivity contribution < 1.29 is 9.63 Å². The van der Waals surface area contributed by atoms with Gasteiger partial charge in [-0.05, 0) is 25.3 Å². The predicted molar refractivity (Wildman–Crippen MR) is 81.5 cm³/mol. The van der Waals surface area contributed by atoms with Gasteiger partial charge in [-0.2, -0.15) is 16.9 Å². The number of carbonyl (C=O) groups excluding carboxylic acids is 1. The lowest BCUT2D eigenvalue weighted by atomic mass is 10.3. The van der Waals surface area contributed by atoms with Crippen molar-refractivity contribution in [1.82, 2.24) is 14.8 Å². The molecule has 0 aromatic carbocycles. The largest absolute Gasteiger partial charge is 0.384 e. The quantitative estimate of drug-likeness (QED) is 0.388. The van der Waals surface area contributed by atoms with Crippen LogP contribution in [0.15, 0.2) is 35.9 Å². The summed E-state index contributed by atoms with van der Waals surface area (Å²) in [5, 5.41) is 7.85. The van der Waals surface area contributed by atoms with Gasteiger partial charge in [0.25, 0.3) is 0 Å². The number of pyridine rings is 1. The normalized spacial score (nSPS) is 11.4. The summed E-state index contributed by atoms with van der Waals surface area (Å²) in [6, 6.07) is 3.63. The van der Waals surface area contributed by atoms with Crippen LogP contribution in [0.2, 0.25) is 0 Å². The van der Waals surface area contributed by atoms with Crippen molar-refractivity contribution in [3.05, 3.63) is 42.0 Å². The smallest absolute Gasteiger partial charge is 0.369 e. The van der Waals surface area contributed by atoms with Crippen molar-refractivity contribution in [2.24, 2.45) is 10.9 Å². The van der Waals surface area contributed by atoms with Crippen LogP contribution in [0.25, 0.3) is 5.69 Å². The third kappa shape index (κ3) is 3.82. The van der Waals surface area contributed by atoms with Gasteiger partial charge in [0, 0.05) is 12.4 Å². The lowest BCUT2D eigenvalue weighted by Gasteiger charge is -1.98. The van der Waals surface area contributed by atoms with Crippen LogP contribution in [0.5, 0.6) is 0 Å². The first-order valence-electron chi connectivity index (χ1n) is 6.11. The molecular formula is C13H15N5O2S. The van der Waals surface area contributed by atoms with Crippen LogP contribution in [0.4, 0.5) is 0 Å². The minimum atomic E-state index is -0.591. The lowest BCUT2D eigenvalue weighted by Crippen LogP contribution is -2.16. The standard InChI is InChI=1S/C13H15N5O2S/c1-9-11(13(19)20-17-12(14)8-21-2)7-18(16-9)10-4-3-5-15-6-10/h3-7H,8H2,1-2H3,(H2,14,17). The number of hydrogen-bond donors (Lipinski definition) is 1. The van der Waals surface area contributed by atoms with E-state index >= 15 is 0 Å². The number of carbonyl (C=O) groups is 1. The fourth-order valence-electron chi connectivity index (χ4n) is 1.61. The highest BCUT2D eigenvalue weighted by atomic mass is 32.2. The third-order valence-corrected chi connectivity index (χ3v) is 3.15. The predicted octanol–water partition coefficient (Wildman–Crippen LogP) is 1.37. The second kappa shape index (κ2) is 6.89. The van der Waals surface area contributed by atoms with Crippen LogP contribution < -0.4 is 5.73 Å². The van der Waals surface area contributed by atoms with Crippen LogP contribution in [0, 0.1) is 6.92 Å². The van der Waals surface area contributed by atoms with Gasteiger partial charge >= 0.3 is 5.97 Å².